The number of carbonyl (C=O) groups is 1. The molecule has 0 spiro atoms. The summed E-state index contributed by atoms with van der Waals surface area (Å²) >= 11 is 1.48. The maximum atomic E-state index is 12.4. The van der Waals surface area contributed by atoms with Gasteiger partial charge in [0.05, 0.1) is 12.3 Å². The van der Waals surface area contributed by atoms with Crippen LogP contribution in [0.25, 0.3) is 0 Å². The van der Waals surface area contributed by atoms with E-state index in [9.17, 15) is 18.0 Å². The number of rotatable bonds is 7. The summed E-state index contributed by atoms with van der Waals surface area (Å²) in [6, 6.07) is 10.7. The number of alkyl halides is 3. The van der Waals surface area contributed by atoms with Crippen molar-refractivity contribution in [2.24, 2.45) is 0 Å². The molecule has 0 aliphatic heterocycles. The summed E-state index contributed by atoms with van der Waals surface area (Å²) < 4.78 is 38.3. The second kappa shape index (κ2) is 8.05. The number of aromatic nitrogens is 2. The van der Waals surface area contributed by atoms with Crippen molar-refractivity contribution in [2.75, 3.05) is 12.3 Å². The van der Waals surface area contributed by atoms with Gasteiger partial charge in [-0.25, -0.2) is 0 Å². The first kappa shape index (κ1) is 17.4. The zero-order valence-corrected chi connectivity index (χ0v) is 13.0. The van der Waals surface area contributed by atoms with Gasteiger partial charge in [0.1, 0.15) is 0 Å². The van der Waals surface area contributed by atoms with Gasteiger partial charge < -0.3 is 5.32 Å². The Hall–Kier alpha value is -1.96. The normalized spacial score (nSPS) is 11.4. The molecule has 1 amide bonds. The van der Waals surface area contributed by atoms with Crippen LogP contribution in [0.1, 0.15) is 11.3 Å². The van der Waals surface area contributed by atoms with E-state index in [-0.39, 0.29) is 19.0 Å². The highest BCUT2D eigenvalue weighted by molar-refractivity contribution is 7.99. The van der Waals surface area contributed by atoms with E-state index < -0.39 is 11.9 Å². The molecule has 0 saturated carbocycles. The Bertz CT molecular complexity index is 628. The summed E-state index contributed by atoms with van der Waals surface area (Å²) in [6.45, 7) is 0.439. The third-order valence-electron chi connectivity index (χ3n) is 2.94. The highest BCUT2D eigenvalue weighted by Crippen LogP contribution is 2.27. The van der Waals surface area contributed by atoms with Gasteiger partial charge in [-0.2, -0.15) is 18.3 Å². The van der Waals surface area contributed by atoms with Crippen molar-refractivity contribution in [1.82, 2.24) is 15.1 Å². The molecule has 0 saturated heterocycles. The van der Waals surface area contributed by atoms with Gasteiger partial charge in [-0.1, -0.05) is 30.3 Å². The number of halogens is 3. The third-order valence-corrected chi connectivity index (χ3v) is 3.94. The van der Waals surface area contributed by atoms with E-state index in [2.05, 4.69) is 10.4 Å². The molecule has 1 N–H and O–H groups in total. The van der Waals surface area contributed by atoms with Crippen molar-refractivity contribution in [3.63, 3.8) is 0 Å². The minimum atomic E-state index is -4.44. The molecule has 8 heteroatoms. The fourth-order valence-corrected chi connectivity index (χ4v) is 2.65. The molecular weight excluding hydrogens is 327 g/mol. The summed E-state index contributed by atoms with van der Waals surface area (Å²) in [5.74, 6) is 0.901. The number of carbonyl (C=O) groups excluding carboxylic acids is 1. The van der Waals surface area contributed by atoms with E-state index in [1.165, 1.54) is 22.6 Å². The van der Waals surface area contributed by atoms with E-state index in [1.807, 2.05) is 30.3 Å². The lowest BCUT2D eigenvalue weighted by Crippen LogP contribution is -2.29. The van der Waals surface area contributed by atoms with Crippen LogP contribution in [-0.2, 0) is 23.3 Å². The van der Waals surface area contributed by atoms with Crippen LogP contribution >= 0.6 is 11.8 Å². The van der Waals surface area contributed by atoms with Crippen LogP contribution in [0.2, 0.25) is 0 Å². The maximum absolute atomic E-state index is 12.4. The van der Waals surface area contributed by atoms with Crippen LogP contribution in [0.15, 0.2) is 42.6 Å². The Kier molecular flexibility index (Phi) is 6.09. The molecule has 0 bridgehead atoms. The van der Waals surface area contributed by atoms with Crippen LogP contribution < -0.4 is 5.32 Å². The molecule has 4 nitrogen and oxygen atoms in total. The maximum Gasteiger partial charge on any atom is 0.435 e. The van der Waals surface area contributed by atoms with Crippen molar-refractivity contribution < 1.29 is 18.0 Å². The first-order valence-corrected chi connectivity index (χ1v) is 8.09. The molecule has 0 aliphatic rings. The predicted molar refractivity (Wildman–Crippen MR) is 82.8 cm³/mol. The van der Waals surface area contributed by atoms with Crippen molar-refractivity contribution in [3.05, 3.63) is 53.9 Å². The lowest BCUT2D eigenvalue weighted by atomic mass is 10.2. The van der Waals surface area contributed by atoms with Gasteiger partial charge in [-0.15, -0.1) is 11.8 Å². The van der Waals surface area contributed by atoms with Crippen LogP contribution in [0, 0.1) is 0 Å². The highest BCUT2D eigenvalue weighted by atomic mass is 32.2. The van der Waals surface area contributed by atoms with Gasteiger partial charge in [0.15, 0.2) is 5.69 Å². The van der Waals surface area contributed by atoms with Gasteiger partial charge in [0, 0.05) is 18.5 Å². The number of thioether (sulfide) groups is 1. The second-order valence-corrected chi connectivity index (χ2v) is 5.78. The largest absolute Gasteiger partial charge is 0.435 e. The standard InChI is InChI=1S/C15H16F3N3OS/c16-15(17,18)13-6-8-21(20-13)9-7-19-14(22)11-23-10-12-4-2-1-3-5-12/h1-6,8H,7,9-11H2,(H,19,22). The molecule has 1 heterocycles. The van der Waals surface area contributed by atoms with Gasteiger partial charge in [-0.05, 0) is 11.6 Å². The lowest BCUT2D eigenvalue weighted by molar-refractivity contribution is -0.141. The van der Waals surface area contributed by atoms with Crippen LogP contribution in [0.5, 0.6) is 0 Å². The summed E-state index contributed by atoms with van der Waals surface area (Å²) in [7, 11) is 0. The molecule has 0 fully saturated rings. The summed E-state index contributed by atoms with van der Waals surface area (Å²) in [5, 5.41) is 6.08. The number of hydrogen-bond acceptors (Lipinski definition) is 3. The fourth-order valence-electron chi connectivity index (χ4n) is 1.83. The van der Waals surface area contributed by atoms with E-state index in [0.29, 0.717) is 5.75 Å². The SMILES string of the molecule is O=C(CSCc1ccccc1)NCCn1ccc(C(F)(F)F)n1. The number of benzene rings is 1. The molecule has 0 aliphatic carbocycles. The first-order chi connectivity index (χ1) is 10.9. The summed E-state index contributed by atoms with van der Waals surface area (Å²) in [4.78, 5) is 11.6. The van der Waals surface area contributed by atoms with Gasteiger partial charge in [0.2, 0.25) is 5.91 Å². The Morgan fingerprint density at radius 2 is 1.96 bits per heavy atom. The molecule has 1 aromatic heterocycles. The number of nitrogens with zero attached hydrogens (tertiary/aromatic N) is 2. The Balaban J connectivity index is 1.64. The predicted octanol–water partition coefficient (Wildman–Crippen LogP) is 2.95. The van der Waals surface area contributed by atoms with E-state index in [4.69, 9.17) is 0 Å². The molecule has 0 unspecified atom stereocenters. The highest BCUT2D eigenvalue weighted by Gasteiger charge is 2.33. The van der Waals surface area contributed by atoms with Crippen molar-refractivity contribution in [1.29, 1.82) is 0 Å². The summed E-state index contributed by atoms with van der Waals surface area (Å²) in [6.07, 6.45) is -3.19. The topological polar surface area (TPSA) is 46.9 Å². The van der Waals surface area contributed by atoms with Gasteiger partial charge in [-0.3, -0.25) is 9.48 Å². The van der Waals surface area contributed by atoms with E-state index >= 15 is 0 Å². The monoisotopic (exact) mass is 343 g/mol. The first-order valence-electron chi connectivity index (χ1n) is 6.94. The third kappa shape index (κ3) is 5.97. The molecule has 23 heavy (non-hydrogen) atoms. The molecule has 2 rings (SSSR count). The van der Waals surface area contributed by atoms with Crippen LogP contribution in [0.3, 0.4) is 0 Å². The minimum absolute atomic E-state index is 0.144. The molecule has 1 aromatic carbocycles. The zero-order chi connectivity index (χ0) is 16.7. The van der Waals surface area contributed by atoms with Crippen LogP contribution in [-0.4, -0.2) is 28.0 Å². The lowest BCUT2D eigenvalue weighted by Gasteiger charge is -2.06. The van der Waals surface area contributed by atoms with Crippen molar-refractivity contribution in [3.8, 4) is 0 Å². The second-order valence-electron chi connectivity index (χ2n) is 4.79. The van der Waals surface area contributed by atoms with Crippen LogP contribution in [0.4, 0.5) is 13.2 Å². The minimum Gasteiger partial charge on any atom is -0.354 e. The van der Waals surface area contributed by atoms with Crippen molar-refractivity contribution >= 4 is 17.7 Å². The van der Waals surface area contributed by atoms with E-state index in [1.54, 1.807) is 0 Å². The number of nitrogens with one attached hydrogen (secondary N) is 1. The van der Waals surface area contributed by atoms with Gasteiger partial charge >= 0.3 is 6.18 Å². The average Bonchev–Trinajstić information content (AvgIpc) is 2.97. The Morgan fingerprint density at radius 1 is 1.22 bits per heavy atom. The molecule has 124 valence electrons. The fraction of sp³-hybridized carbons (Fsp3) is 0.333. The summed E-state index contributed by atoms with van der Waals surface area (Å²) in [5.41, 5.74) is 0.212. The smallest absolute Gasteiger partial charge is 0.354 e. The molecule has 0 radical (unpaired) electrons. The Labute approximate surface area is 136 Å². The zero-order valence-electron chi connectivity index (χ0n) is 12.2. The molecular formula is C15H16F3N3OS. The Morgan fingerprint density at radius 3 is 2.61 bits per heavy atom. The van der Waals surface area contributed by atoms with Gasteiger partial charge in [0.25, 0.3) is 0 Å². The quantitative estimate of drug-likeness (QED) is 0.841. The average molecular weight is 343 g/mol. The number of hydrogen-bond donors (Lipinski definition) is 1. The van der Waals surface area contributed by atoms with Crippen molar-refractivity contribution in [2.45, 2.75) is 18.5 Å². The molecule has 2 aromatic rings. The molecule has 0 atom stereocenters. The van der Waals surface area contributed by atoms with E-state index in [0.717, 1.165) is 17.4 Å². The number of amides is 1.